The van der Waals surface area contributed by atoms with Crippen LogP contribution in [0.3, 0.4) is 0 Å². The van der Waals surface area contributed by atoms with Crippen molar-refractivity contribution in [3.05, 3.63) is 35.9 Å². The van der Waals surface area contributed by atoms with Gasteiger partial charge in [-0.2, -0.15) is 0 Å². The van der Waals surface area contributed by atoms with E-state index in [9.17, 15) is 9.59 Å². The Kier molecular flexibility index (Phi) is 5.30. The second-order valence-electron chi connectivity index (χ2n) is 4.88. The van der Waals surface area contributed by atoms with Gasteiger partial charge in [0.05, 0.1) is 12.6 Å². The van der Waals surface area contributed by atoms with Crippen molar-refractivity contribution in [3.63, 3.8) is 0 Å². The van der Waals surface area contributed by atoms with Crippen LogP contribution in [-0.4, -0.2) is 56.7 Å². The molecule has 1 aliphatic heterocycles. The van der Waals surface area contributed by atoms with Gasteiger partial charge in [0.15, 0.2) is 6.10 Å². The van der Waals surface area contributed by atoms with E-state index in [1.165, 1.54) is 0 Å². The molecule has 1 N–H and O–H groups in total. The number of hydrogen-bond donors (Lipinski definition) is 1. The lowest BCUT2D eigenvalue weighted by Gasteiger charge is -2.38. The first kappa shape index (κ1) is 15.5. The number of ether oxygens (including phenoxy) is 2. The molecule has 1 aliphatic rings. The van der Waals surface area contributed by atoms with E-state index in [2.05, 4.69) is 5.32 Å². The Morgan fingerprint density at radius 1 is 1.43 bits per heavy atom. The molecule has 0 bridgehead atoms. The maximum Gasteiger partial charge on any atom is 0.251 e. The summed E-state index contributed by atoms with van der Waals surface area (Å²) in [6, 6.07) is 9.00. The van der Waals surface area contributed by atoms with Crippen LogP contribution in [-0.2, 0) is 19.1 Å². The minimum absolute atomic E-state index is 0.0812. The van der Waals surface area contributed by atoms with Crippen LogP contribution in [0.4, 0.5) is 0 Å². The number of carbonyl (C=O) groups is 2. The van der Waals surface area contributed by atoms with E-state index < -0.39 is 12.1 Å². The van der Waals surface area contributed by atoms with Crippen molar-refractivity contribution in [1.82, 2.24) is 10.2 Å². The number of rotatable bonds is 5. The second-order valence-corrected chi connectivity index (χ2v) is 4.88. The fourth-order valence-electron chi connectivity index (χ4n) is 2.36. The van der Waals surface area contributed by atoms with Crippen molar-refractivity contribution in [2.45, 2.75) is 12.1 Å². The lowest BCUT2D eigenvalue weighted by molar-refractivity contribution is -0.162. The molecule has 0 aliphatic carbocycles. The molecule has 0 unspecified atom stereocenters. The fourth-order valence-corrected chi connectivity index (χ4v) is 2.36. The quantitative estimate of drug-likeness (QED) is 0.795. The SMILES string of the molecule is COCCNC(=O)[C@H]1OCC(=O)N(C)[C@@H]1c1ccccc1. The lowest BCUT2D eigenvalue weighted by Crippen LogP contribution is -2.53. The maximum atomic E-state index is 12.3. The van der Waals surface area contributed by atoms with Gasteiger partial charge in [0.25, 0.3) is 5.91 Å². The monoisotopic (exact) mass is 292 g/mol. The summed E-state index contributed by atoms with van der Waals surface area (Å²) in [6.45, 7) is 0.764. The summed E-state index contributed by atoms with van der Waals surface area (Å²) in [6.07, 6.45) is -0.716. The number of nitrogens with one attached hydrogen (secondary N) is 1. The molecule has 6 heteroatoms. The van der Waals surface area contributed by atoms with Crippen LogP contribution < -0.4 is 5.32 Å². The molecule has 2 atom stereocenters. The molecule has 1 heterocycles. The summed E-state index contributed by atoms with van der Waals surface area (Å²) in [5.41, 5.74) is 0.875. The molecule has 1 fully saturated rings. The van der Waals surface area contributed by atoms with Gasteiger partial charge in [-0.05, 0) is 5.56 Å². The highest BCUT2D eigenvalue weighted by atomic mass is 16.5. The first-order valence-electron chi connectivity index (χ1n) is 6.84. The third-order valence-corrected chi connectivity index (χ3v) is 3.49. The Morgan fingerprint density at radius 2 is 2.14 bits per heavy atom. The number of hydrogen-bond acceptors (Lipinski definition) is 4. The Bertz CT molecular complexity index is 492. The van der Waals surface area contributed by atoms with Crippen LogP contribution in [0.25, 0.3) is 0 Å². The standard InChI is InChI=1S/C15H20N2O4/c1-17-12(18)10-21-14(15(19)16-8-9-20-2)13(17)11-6-4-3-5-7-11/h3-7,13-14H,8-10H2,1-2H3,(H,16,19)/t13-,14+/m1/s1. The molecule has 2 amide bonds. The molecule has 6 nitrogen and oxygen atoms in total. The van der Waals surface area contributed by atoms with Gasteiger partial charge in [0.1, 0.15) is 6.61 Å². The molecule has 1 aromatic rings. The summed E-state index contributed by atoms with van der Waals surface area (Å²) in [5.74, 6) is -0.370. The molecule has 21 heavy (non-hydrogen) atoms. The number of morpholine rings is 1. The summed E-state index contributed by atoms with van der Waals surface area (Å²) >= 11 is 0. The normalized spacial score (nSPS) is 22.2. The van der Waals surface area contributed by atoms with Crippen molar-refractivity contribution in [3.8, 4) is 0 Å². The summed E-state index contributed by atoms with van der Waals surface area (Å²) in [5, 5.41) is 2.76. The zero-order valence-electron chi connectivity index (χ0n) is 12.2. The second kappa shape index (κ2) is 7.19. The van der Waals surface area contributed by atoms with Gasteiger partial charge >= 0.3 is 0 Å². The highest BCUT2D eigenvalue weighted by Crippen LogP contribution is 2.28. The predicted molar refractivity (Wildman–Crippen MR) is 76.6 cm³/mol. The number of carbonyl (C=O) groups excluding carboxylic acids is 2. The Balaban J connectivity index is 2.17. The molecule has 114 valence electrons. The van der Waals surface area contributed by atoms with Gasteiger partial charge in [-0.15, -0.1) is 0 Å². The smallest absolute Gasteiger partial charge is 0.251 e. The molecule has 1 saturated heterocycles. The predicted octanol–water partition coefficient (Wildman–Crippen LogP) is 0.348. The van der Waals surface area contributed by atoms with Crippen molar-refractivity contribution in [2.24, 2.45) is 0 Å². The van der Waals surface area contributed by atoms with Crippen molar-refractivity contribution >= 4 is 11.8 Å². The maximum absolute atomic E-state index is 12.3. The first-order chi connectivity index (χ1) is 10.1. The van der Waals surface area contributed by atoms with Gasteiger partial charge in [-0.1, -0.05) is 30.3 Å². The average Bonchev–Trinajstić information content (AvgIpc) is 2.50. The van der Waals surface area contributed by atoms with Crippen molar-refractivity contribution < 1.29 is 19.1 Å². The van der Waals surface area contributed by atoms with E-state index in [1.54, 1.807) is 19.1 Å². The van der Waals surface area contributed by atoms with Crippen LogP contribution in [0.15, 0.2) is 30.3 Å². The van der Waals surface area contributed by atoms with Gasteiger partial charge in [0.2, 0.25) is 5.91 Å². The Labute approximate surface area is 124 Å². The van der Waals surface area contributed by atoms with Gasteiger partial charge in [0, 0.05) is 20.7 Å². The largest absolute Gasteiger partial charge is 0.383 e. The molecule has 2 rings (SSSR count). The molecular weight excluding hydrogens is 272 g/mol. The van der Waals surface area contributed by atoms with Crippen LogP contribution in [0.2, 0.25) is 0 Å². The van der Waals surface area contributed by atoms with Gasteiger partial charge in [-0.3, -0.25) is 9.59 Å². The molecule has 0 radical (unpaired) electrons. The van der Waals surface area contributed by atoms with E-state index in [1.807, 2.05) is 30.3 Å². The van der Waals surface area contributed by atoms with E-state index >= 15 is 0 Å². The van der Waals surface area contributed by atoms with Gasteiger partial charge in [-0.25, -0.2) is 0 Å². The van der Waals surface area contributed by atoms with Crippen LogP contribution in [0.1, 0.15) is 11.6 Å². The zero-order chi connectivity index (χ0) is 15.2. The number of methoxy groups -OCH3 is 1. The Hall–Kier alpha value is -1.92. The lowest BCUT2D eigenvalue weighted by atomic mass is 9.97. The number of nitrogens with zero attached hydrogens (tertiary/aromatic N) is 1. The van der Waals surface area contributed by atoms with Gasteiger partial charge < -0.3 is 19.7 Å². The number of benzene rings is 1. The first-order valence-corrected chi connectivity index (χ1v) is 6.84. The molecule has 0 aromatic heterocycles. The highest BCUT2D eigenvalue weighted by molar-refractivity contribution is 5.86. The third kappa shape index (κ3) is 3.59. The minimum Gasteiger partial charge on any atom is -0.383 e. The van der Waals surface area contributed by atoms with Crippen molar-refractivity contribution in [2.75, 3.05) is 33.9 Å². The molecular formula is C15H20N2O4. The molecule has 1 aromatic carbocycles. The summed E-state index contributed by atoms with van der Waals surface area (Å²) in [4.78, 5) is 25.7. The summed E-state index contributed by atoms with van der Waals surface area (Å²) in [7, 11) is 3.26. The average molecular weight is 292 g/mol. The molecule has 0 saturated carbocycles. The topological polar surface area (TPSA) is 67.9 Å². The fraction of sp³-hybridized carbons (Fsp3) is 0.467. The van der Waals surface area contributed by atoms with E-state index in [-0.39, 0.29) is 18.4 Å². The number of amides is 2. The van der Waals surface area contributed by atoms with Crippen LogP contribution in [0, 0.1) is 0 Å². The molecule has 0 spiro atoms. The van der Waals surface area contributed by atoms with E-state index in [0.717, 1.165) is 5.56 Å². The summed E-state index contributed by atoms with van der Waals surface area (Å²) < 4.78 is 10.4. The van der Waals surface area contributed by atoms with Crippen molar-refractivity contribution in [1.29, 1.82) is 0 Å². The highest BCUT2D eigenvalue weighted by Gasteiger charge is 2.39. The van der Waals surface area contributed by atoms with Crippen LogP contribution in [0.5, 0.6) is 0 Å². The zero-order valence-corrected chi connectivity index (χ0v) is 12.2. The van der Waals surface area contributed by atoms with Crippen LogP contribution >= 0.6 is 0 Å². The third-order valence-electron chi connectivity index (χ3n) is 3.49. The minimum atomic E-state index is -0.716. The Morgan fingerprint density at radius 3 is 2.81 bits per heavy atom. The van der Waals surface area contributed by atoms with E-state index in [4.69, 9.17) is 9.47 Å². The number of likely N-dealkylation sites (N-methyl/N-ethyl adjacent to an activating group) is 1. The van der Waals surface area contributed by atoms with E-state index in [0.29, 0.717) is 13.2 Å².